The third-order valence-electron chi connectivity index (χ3n) is 4.00. The molecule has 0 spiro atoms. The number of hydrogen-bond donors (Lipinski definition) is 2. The molecular formula is C21H24N4O. The number of nitrogens with zero attached hydrogens (tertiary/aromatic N) is 2. The SMILES string of the molecule is CCOc1ccc(Nc2nc(C)cc(NCc3ccccc3C)n2)cc1. The van der Waals surface area contributed by atoms with Crippen molar-refractivity contribution in [3.63, 3.8) is 0 Å². The van der Waals surface area contributed by atoms with Gasteiger partial charge in [-0.3, -0.25) is 0 Å². The number of rotatable bonds is 7. The van der Waals surface area contributed by atoms with Crippen molar-refractivity contribution in [1.82, 2.24) is 9.97 Å². The molecule has 0 atom stereocenters. The van der Waals surface area contributed by atoms with Gasteiger partial charge in [0.05, 0.1) is 6.61 Å². The van der Waals surface area contributed by atoms with E-state index in [0.29, 0.717) is 12.6 Å². The Hall–Kier alpha value is -3.08. The van der Waals surface area contributed by atoms with E-state index in [1.54, 1.807) is 0 Å². The molecule has 0 saturated heterocycles. The molecule has 1 aromatic heterocycles. The fraction of sp³-hybridized carbons (Fsp3) is 0.238. The number of hydrogen-bond acceptors (Lipinski definition) is 5. The van der Waals surface area contributed by atoms with Gasteiger partial charge >= 0.3 is 0 Å². The van der Waals surface area contributed by atoms with Crippen LogP contribution in [0.3, 0.4) is 0 Å². The van der Waals surface area contributed by atoms with Gasteiger partial charge in [-0.15, -0.1) is 0 Å². The Morgan fingerprint density at radius 1 is 0.962 bits per heavy atom. The highest BCUT2D eigenvalue weighted by molar-refractivity contribution is 5.56. The third-order valence-corrected chi connectivity index (χ3v) is 4.00. The molecule has 0 aliphatic heterocycles. The summed E-state index contributed by atoms with van der Waals surface area (Å²) in [6.07, 6.45) is 0. The summed E-state index contributed by atoms with van der Waals surface area (Å²) in [5.41, 5.74) is 4.34. The molecule has 5 nitrogen and oxygen atoms in total. The van der Waals surface area contributed by atoms with Gasteiger partial charge in [0.15, 0.2) is 0 Å². The van der Waals surface area contributed by atoms with Crippen LogP contribution in [0.2, 0.25) is 0 Å². The Morgan fingerprint density at radius 2 is 1.73 bits per heavy atom. The van der Waals surface area contributed by atoms with E-state index in [0.717, 1.165) is 29.5 Å². The fourth-order valence-electron chi connectivity index (χ4n) is 2.64. The quantitative estimate of drug-likeness (QED) is 0.639. The molecule has 3 aromatic rings. The lowest BCUT2D eigenvalue weighted by Gasteiger charge is -2.11. The van der Waals surface area contributed by atoms with Crippen LogP contribution in [-0.2, 0) is 6.54 Å². The second-order valence-corrected chi connectivity index (χ2v) is 6.08. The highest BCUT2D eigenvalue weighted by Crippen LogP contribution is 2.20. The number of ether oxygens (including phenoxy) is 1. The zero-order valence-electron chi connectivity index (χ0n) is 15.4. The van der Waals surface area contributed by atoms with E-state index >= 15 is 0 Å². The van der Waals surface area contributed by atoms with Crippen LogP contribution in [0.1, 0.15) is 23.7 Å². The summed E-state index contributed by atoms with van der Waals surface area (Å²) in [5, 5.41) is 6.63. The average Bonchev–Trinajstić information content (AvgIpc) is 2.62. The topological polar surface area (TPSA) is 59.1 Å². The summed E-state index contributed by atoms with van der Waals surface area (Å²) in [6, 6.07) is 18.0. The molecule has 134 valence electrons. The van der Waals surface area contributed by atoms with Crippen molar-refractivity contribution in [3.8, 4) is 5.75 Å². The predicted molar refractivity (Wildman–Crippen MR) is 106 cm³/mol. The minimum Gasteiger partial charge on any atom is -0.494 e. The van der Waals surface area contributed by atoms with E-state index in [-0.39, 0.29) is 0 Å². The first-order valence-corrected chi connectivity index (χ1v) is 8.78. The number of aryl methyl sites for hydroxylation is 2. The van der Waals surface area contributed by atoms with Gasteiger partial charge in [0.25, 0.3) is 0 Å². The molecule has 0 radical (unpaired) electrons. The van der Waals surface area contributed by atoms with Gasteiger partial charge in [0.1, 0.15) is 11.6 Å². The molecule has 0 aliphatic rings. The van der Waals surface area contributed by atoms with Crippen molar-refractivity contribution in [2.75, 3.05) is 17.2 Å². The van der Waals surface area contributed by atoms with Gasteiger partial charge in [-0.2, -0.15) is 4.98 Å². The van der Waals surface area contributed by atoms with Crippen molar-refractivity contribution >= 4 is 17.5 Å². The predicted octanol–water partition coefficient (Wildman–Crippen LogP) is 4.85. The van der Waals surface area contributed by atoms with Crippen LogP contribution < -0.4 is 15.4 Å². The zero-order valence-corrected chi connectivity index (χ0v) is 15.4. The van der Waals surface area contributed by atoms with Crippen LogP contribution in [0, 0.1) is 13.8 Å². The lowest BCUT2D eigenvalue weighted by Crippen LogP contribution is -2.06. The van der Waals surface area contributed by atoms with Crippen LogP contribution in [0.5, 0.6) is 5.75 Å². The van der Waals surface area contributed by atoms with E-state index in [2.05, 4.69) is 39.7 Å². The van der Waals surface area contributed by atoms with Crippen molar-refractivity contribution in [2.45, 2.75) is 27.3 Å². The molecular weight excluding hydrogens is 324 g/mol. The molecule has 0 amide bonds. The van der Waals surface area contributed by atoms with E-state index in [1.807, 2.05) is 56.3 Å². The average molecular weight is 348 g/mol. The van der Waals surface area contributed by atoms with Crippen molar-refractivity contribution < 1.29 is 4.74 Å². The molecule has 2 N–H and O–H groups in total. The smallest absolute Gasteiger partial charge is 0.229 e. The summed E-state index contributed by atoms with van der Waals surface area (Å²) in [6.45, 7) is 7.43. The van der Waals surface area contributed by atoms with Gasteiger partial charge in [0, 0.05) is 24.0 Å². The van der Waals surface area contributed by atoms with E-state index in [9.17, 15) is 0 Å². The molecule has 0 fully saturated rings. The van der Waals surface area contributed by atoms with Gasteiger partial charge in [0.2, 0.25) is 5.95 Å². The van der Waals surface area contributed by atoms with Crippen LogP contribution in [0.4, 0.5) is 17.5 Å². The summed E-state index contributed by atoms with van der Waals surface area (Å²) in [5.74, 6) is 2.22. The normalized spacial score (nSPS) is 10.4. The number of nitrogens with one attached hydrogen (secondary N) is 2. The van der Waals surface area contributed by atoms with E-state index < -0.39 is 0 Å². The highest BCUT2D eigenvalue weighted by Gasteiger charge is 2.04. The summed E-state index contributed by atoms with van der Waals surface area (Å²) in [4.78, 5) is 9.03. The molecule has 0 bridgehead atoms. The maximum atomic E-state index is 5.46. The van der Waals surface area contributed by atoms with Gasteiger partial charge in [-0.05, 0) is 56.2 Å². The van der Waals surface area contributed by atoms with E-state index in [1.165, 1.54) is 11.1 Å². The minimum absolute atomic E-state index is 0.571. The number of aromatic nitrogens is 2. The highest BCUT2D eigenvalue weighted by atomic mass is 16.5. The van der Waals surface area contributed by atoms with Crippen LogP contribution in [0.25, 0.3) is 0 Å². The standard InChI is InChI=1S/C21H24N4O/c1-4-26-19-11-9-18(10-12-19)24-21-23-16(3)13-20(25-21)22-14-17-8-6-5-7-15(17)2/h5-13H,4,14H2,1-3H3,(H2,22,23,24,25). The Balaban J connectivity index is 1.70. The first-order valence-electron chi connectivity index (χ1n) is 8.78. The van der Waals surface area contributed by atoms with Crippen LogP contribution in [0.15, 0.2) is 54.6 Å². The summed E-state index contributed by atoms with van der Waals surface area (Å²) >= 11 is 0. The van der Waals surface area contributed by atoms with Gasteiger partial charge in [-0.1, -0.05) is 24.3 Å². The maximum absolute atomic E-state index is 5.46. The molecule has 1 heterocycles. The molecule has 3 rings (SSSR count). The lowest BCUT2D eigenvalue weighted by atomic mass is 10.1. The molecule has 5 heteroatoms. The second kappa shape index (κ2) is 8.34. The van der Waals surface area contributed by atoms with Crippen molar-refractivity contribution in [3.05, 3.63) is 71.4 Å². The monoisotopic (exact) mass is 348 g/mol. The molecule has 0 aliphatic carbocycles. The Morgan fingerprint density at radius 3 is 2.46 bits per heavy atom. The lowest BCUT2D eigenvalue weighted by molar-refractivity contribution is 0.340. The van der Waals surface area contributed by atoms with Crippen molar-refractivity contribution in [1.29, 1.82) is 0 Å². The summed E-state index contributed by atoms with van der Waals surface area (Å²) in [7, 11) is 0. The summed E-state index contributed by atoms with van der Waals surface area (Å²) < 4.78 is 5.46. The Kier molecular flexibility index (Phi) is 5.69. The Labute approximate surface area is 154 Å². The van der Waals surface area contributed by atoms with Crippen molar-refractivity contribution in [2.24, 2.45) is 0 Å². The fourth-order valence-corrected chi connectivity index (χ4v) is 2.64. The first kappa shape index (κ1) is 17.7. The van der Waals surface area contributed by atoms with Crippen LogP contribution >= 0.6 is 0 Å². The number of benzene rings is 2. The molecule has 2 aromatic carbocycles. The maximum Gasteiger partial charge on any atom is 0.229 e. The molecule has 0 unspecified atom stereocenters. The van der Waals surface area contributed by atoms with Crippen LogP contribution in [-0.4, -0.2) is 16.6 Å². The molecule has 26 heavy (non-hydrogen) atoms. The Bertz CT molecular complexity index is 862. The minimum atomic E-state index is 0.571. The second-order valence-electron chi connectivity index (χ2n) is 6.08. The zero-order chi connectivity index (χ0) is 18.4. The third kappa shape index (κ3) is 4.72. The number of anilines is 3. The largest absolute Gasteiger partial charge is 0.494 e. The van der Waals surface area contributed by atoms with Gasteiger partial charge < -0.3 is 15.4 Å². The van der Waals surface area contributed by atoms with E-state index in [4.69, 9.17) is 4.74 Å². The first-order chi connectivity index (χ1) is 12.6. The molecule has 0 saturated carbocycles. The van der Waals surface area contributed by atoms with Gasteiger partial charge in [-0.25, -0.2) is 4.98 Å².